The maximum absolute atomic E-state index is 4.08. The van der Waals surface area contributed by atoms with Crippen molar-refractivity contribution < 1.29 is 0 Å². The Bertz CT molecular complexity index is 223. The van der Waals surface area contributed by atoms with Crippen molar-refractivity contribution in [1.29, 1.82) is 0 Å². The molecule has 1 rings (SSSR count). The molecule has 0 fully saturated rings. The van der Waals surface area contributed by atoms with Gasteiger partial charge in [0.25, 0.3) is 0 Å². The Labute approximate surface area is 74.2 Å². The fraction of sp³-hybridized carbons (Fsp3) is 0.429. The average molecular weight is 248 g/mol. The molecular formula is C7H9IN2. The molecule has 0 atom stereocenters. The van der Waals surface area contributed by atoms with Crippen LogP contribution in [0.5, 0.6) is 0 Å². The summed E-state index contributed by atoms with van der Waals surface area (Å²) in [6.45, 7) is 4.28. The summed E-state index contributed by atoms with van der Waals surface area (Å²) < 4.78 is 1.06. The molecule has 1 aromatic heterocycles. The van der Waals surface area contributed by atoms with Crippen LogP contribution in [0, 0.1) is 3.70 Å². The minimum absolute atomic E-state index is 0.521. The van der Waals surface area contributed by atoms with Crippen LogP contribution < -0.4 is 0 Å². The van der Waals surface area contributed by atoms with Crippen LogP contribution in [0.1, 0.15) is 25.3 Å². The van der Waals surface area contributed by atoms with Gasteiger partial charge >= 0.3 is 0 Å². The van der Waals surface area contributed by atoms with Crippen molar-refractivity contribution in [2.24, 2.45) is 0 Å². The number of aromatic nitrogens is 2. The Morgan fingerprint density at radius 2 is 2.20 bits per heavy atom. The first-order chi connectivity index (χ1) is 4.72. The number of hydrogen-bond acceptors (Lipinski definition) is 2. The van der Waals surface area contributed by atoms with Crippen LogP contribution in [0.2, 0.25) is 0 Å². The van der Waals surface area contributed by atoms with Crippen molar-refractivity contribution in [2.75, 3.05) is 0 Å². The summed E-state index contributed by atoms with van der Waals surface area (Å²) in [4.78, 5) is 8.03. The zero-order valence-electron chi connectivity index (χ0n) is 6.00. The van der Waals surface area contributed by atoms with Gasteiger partial charge in [0.1, 0.15) is 10.0 Å². The molecule has 2 nitrogen and oxygen atoms in total. The summed E-state index contributed by atoms with van der Waals surface area (Å²) in [5.74, 6) is 0.521. The van der Waals surface area contributed by atoms with E-state index in [-0.39, 0.29) is 0 Å². The molecule has 54 valence electrons. The second kappa shape index (κ2) is 3.27. The molecule has 1 heterocycles. The minimum atomic E-state index is 0.521. The quantitative estimate of drug-likeness (QED) is 0.562. The van der Waals surface area contributed by atoms with Crippen LogP contribution in [0.3, 0.4) is 0 Å². The standard InChI is InChI=1S/C7H9IN2/c1-5(2)6-3-9-4-10-7(6)8/h3-5H,1-2H3. The van der Waals surface area contributed by atoms with Gasteiger partial charge in [0, 0.05) is 11.8 Å². The number of halogens is 1. The molecule has 0 radical (unpaired) electrons. The lowest BCUT2D eigenvalue weighted by molar-refractivity contribution is 0.834. The van der Waals surface area contributed by atoms with Crippen LogP contribution in [0.15, 0.2) is 12.5 Å². The molecule has 0 bridgehead atoms. The van der Waals surface area contributed by atoms with Crippen LogP contribution in [-0.2, 0) is 0 Å². The highest BCUT2D eigenvalue weighted by atomic mass is 127. The SMILES string of the molecule is CC(C)c1cncnc1I. The van der Waals surface area contributed by atoms with Gasteiger partial charge in [-0.2, -0.15) is 0 Å². The first-order valence-electron chi connectivity index (χ1n) is 3.17. The monoisotopic (exact) mass is 248 g/mol. The summed E-state index contributed by atoms with van der Waals surface area (Å²) in [5, 5.41) is 0. The molecule has 0 aliphatic rings. The normalized spacial score (nSPS) is 10.4. The van der Waals surface area contributed by atoms with E-state index in [0.29, 0.717) is 5.92 Å². The minimum Gasteiger partial charge on any atom is -0.244 e. The largest absolute Gasteiger partial charge is 0.244 e. The highest BCUT2D eigenvalue weighted by molar-refractivity contribution is 14.1. The smallest absolute Gasteiger partial charge is 0.116 e. The van der Waals surface area contributed by atoms with Gasteiger partial charge in [-0.1, -0.05) is 13.8 Å². The van der Waals surface area contributed by atoms with Gasteiger partial charge in [0.05, 0.1) is 0 Å². The number of hydrogen-bond donors (Lipinski definition) is 0. The van der Waals surface area contributed by atoms with Gasteiger partial charge < -0.3 is 0 Å². The third kappa shape index (κ3) is 1.65. The Balaban J connectivity index is 3.03. The molecule has 0 spiro atoms. The highest BCUT2D eigenvalue weighted by Crippen LogP contribution is 2.16. The van der Waals surface area contributed by atoms with Gasteiger partial charge in [-0.3, -0.25) is 0 Å². The van der Waals surface area contributed by atoms with Crippen molar-refractivity contribution in [3.63, 3.8) is 0 Å². The summed E-state index contributed by atoms with van der Waals surface area (Å²) in [7, 11) is 0. The summed E-state index contributed by atoms with van der Waals surface area (Å²) in [6, 6.07) is 0. The predicted molar refractivity (Wildman–Crippen MR) is 48.8 cm³/mol. The molecule has 0 saturated heterocycles. The van der Waals surface area contributed by atoms with E-state index in [1.807, 2.05) is 6.20 Å². The van der Waals surface area contributed by atoms with E-state index in [9.17, 15) is 0 Å². The maximum Gasteiger partial charge on any atom is 0.116 e. The van der Waals surface area contributed by atoms with Crippen LogP contribution in [-0.4, -0.2) is 9.97 Å². The Morgan fingerprint density at radius 1 is 1.50 bits per heavy atom. The molecule has 0 amide bonds. The van der Waals surface area contributed by atoms with Crippen LogP contribution >= 0.6 is 22.6 Å². The Hall–Kier alpha value is -0.190. The van der Waals surface area contributed by atoms with E-state index < -0.39 is 0 Å². The van der Waals surface area contributed by atoms with Crippen molar-refractivity contribution in [2.45, 2.75) is 19.8 Å². The van der Waals surface area contributed by atoms with Gasteiger partial charge in [-0.05, 0) is 28.5 Å². The lowest BCUT2D eigenvalue weighted by Crippen LogP contribution is -1.95. The second-order valence-corrected chi connectivity index (χ2v) is 3.45. The van der Waals surface area contributed by atoms with Crippen molar-refractivity contribution in [3.05, 3.63) is 21.8 Å². The molecule has 0 unspecified atom stereocenters. The fourth-order valence-corrected chi connectivity index (χ4v) is 1.60. The zero-order valence-corrected chi connectivity index (χ0v) is 8.16. The molecule has 0 aliphatic carbocycles. The summed E-state index contributed by atoms with van der Waals surface area (Å²) in [6.07, 6.45) is 3.45. The van der Waals surface area contributed by atoms with Gasteiger partial charge in [0.2, 0.25) is 0 Å². The van der Waals surface area contributed by atoms with Crippen molar-refractivity contribution in [1.82, 2.24) is 9.97 Å². The Morgan fingerprint density at radius 3 is 2.60 bits per heavy atom. The van der Waals surface area contributed by atoms with Crippen LogP contribution in [0.25, 0.3) is 0 Å². The van der Waals surface area contributed by atoms with Gasteiger partial charge in [-0.25, -0.2) is 9.97 Å². The zero-order chi connectivity index (χ0) is 7.56. The topological polar surface area (TPSA) is 25.8 Å². The van der Waals surface area contributed by atoms with Crippen molar-refractivity contribution >= 4 is 22.6 Å². The first kappa shape index (κ1) is 7.91. The fourth-order valence-electron chi connectivity index (χ4n) is 0.713. The Kier molecular flexibility index (Phi) is 2.59. The molecular weight excluding hydrogens is 239 g/mol. The van der Waals surface area contributed by atoms with E-state index in [4.69, 9.17) is 0 Å². The second-order valence-electron chi connectivity index (χ2n) is 2.42. The average Bonchev–Trinajstić information content (AvgIpc) is 1.88. The van der Waals surface area contributed by atoms with Gasteiger partial charge in [-0.15, -0.1) is 0 Å². The predicted octanol–water partition coefficient (Wildman–Crippen LogP) is 2.20. The highest BCUT2D eigenvalue weighted by Gasteiger charge is 2.03. The molecule has 0 saturated carbocycles. The molecule has 3 heteroatoms. The molecule has 0 aromatic carbocycles. The number of rotatable bonds is 1. The third-order valence-electron chi connectivity index (χ3n) is 1.31. The van der Waals surface area contributed by atoms with E-state index >= 15 is 0 Å². The molecule has 10 heavy (non-hydrogen) atoms. The van der Waals surface area contributed by atoms with Crippen molar-refractivity contribution in [3.8, 4) is 0 Å². The lowest BCUT2D eigenvalue weighted by Gasteiger charge is -2.04. The van der Waals surface area contributed by atoms with E-state index in [1.54, 1.807) is 6.33 Å². The van der Waals surface area contributed by atoms with E-state index in [0.717, 1.165) is 3.70 Å². The molecule has 1 aromatic rings. The van der Waals surface area contributed by atoms with E-state index in [1.165, 1.54) is 5.56 Å². The molecule has 0 N–H and O–H groups in total. The third-order valence-corrected chi connectivity index (χ3v) is 2.21. The molecule has 0 aliphatic heterocycles. The van der Waals surface area contributed by atoms with E-state index in [2.05, 4.69) is 46.4 Å². The summed E-state index contributed by atoms with van der Waals surface area (Å²) >= 11 is 2.22. The van der Waals surface area contributed by atoms with Gasteiger partial charge in [0.15, 0.2) is 0 Å². The summed E-state index contributed by atoms with van der Waals surface area (Å²) in [5.41, 5.74) is 1.23. The first-order valence-corrected chi connectivity index (χ1v) is 4.25. The van der Waals surface area contributed by atoms with Crippen LogP contribution in [0.4, 0.5) is 0 Å². The lowest BCUT2D eigenvalue weighted by atomic mass is 10.1. The number of nitrogens with zero attached hydrogens (tertiary/aromatic N) is 2. The maximum atomic E-state index is 4.08.